The van der Waals surface area contributed by atoms with Crippen LogP contribution in [0.15, 0.2) is 12.2 Å². The molecule has 1 heterocycles. The molecule has 110 valence electrons. The Bertz CT molecular complexity index is 292. The van der Waals surface area contributed by atoms with Crippen molar-refractivity contribution < 1.29 is 9.53 Å². The summed E-state index contributed by atoms with van der Waals surface area (Å²) in [5.41, 5.74) is -0.441. The molecular formula is C14H27N3O2. The lowest BCUT2D eigenvalue weighted by atomic mass is 10.2. The summed E-state index contributed by atoms with van der Waals surface area (Å²) >= 11 is 0. The molecule has 0 spiro atoms. The Morgan fingerprint density at radius 2 is 2.11 bits per heavy atom. The van der Waals surface area contributed by atoms with Crippen molar-refractivity contribution >= 4 is 6.09 Å². The number of rotatable bonds is 6. The maximum absolute atomic E-state index is 11.3. The average Bonchev–Trinajstić information content (AvgIpc) is 2.78. The number of carbonyl (C=O) groups excluding carboxylic acids is 1. The lowest BCUT2D eigenvalue weighted by Gasteiger charge is -2.19. The minimum absolute atomic E-state index is 0.375. The molecule has 1 saturated heterocycles. The molecule has 1 unspecified atom stereocenters. The molecule has 0 aromatic carbocycles. The van der Waals surface area contributed by atoms with E-state index in [1.165, 1.54) is 12.8 Å². The van der Waals surface area contributed by atoms with Crippen LogP contribution >= 0.6 is 0 Å². The molecule has 1 amide bonds. The Morgan fingerprint density at radius 3 is 2.74 bits per heavy atom. The van der Waals surface area contributed by atoms with Crippen LogP contribution in [0.4, 0.5) is 4.79 Å². The summed E-state index contributed by atoms with van der Waals surface area (Å²) < 4.78 is 5.13. The fourth-order valence-corrected chi connectivity index (χ4v) is 1.89. The fourth-order valence-electron chi connectivity index (χ4n) is 1.89. The number of ether oxygens (including phenoxy) is 1. The second-order valence-corrected chi connectivity index (χ2v) is 5.81. The van der Waals surface area contributed by atoms with E-state index < -0.39 is 5.60 Å². The number of carbonyl (C=O) groups is 1. The van der Waals surface area contributed by atoms with Crippen molar-refractivity contribution in [3.05, 3.63) is 12.2 Å². The van der Waals surface area contributed by atoms with E-state index in [1.807, 2.05) is 32.9 Å². The highest BCUT2D eigenvalue weighted by molar-refractivity contribution is 5.67. The summed E-state index contributed by atoms with van der Waals surface area (Å²) in [6.45, 7) is 9.02. The van der Waals surface area contributed by atoms with Crippen molar-refractivity contribution in [3.63, 3.8) is 0 Å². The van der Waals surface area contributed by atoms with Gasteiger partial charge < -0.3 is 20.7 Å². The zero-order valence-electron chi connectivity index (χ0n) is 12.3. The van der Waals surface area contributed by atoms with Gasteiger partial charge in [0.1, 0.15) is 5.60 Å². The van der Waals surface area contributed by atoms with Crippen molar-refractivity contribution in [3.8, 4) is 0 Å². The van der Waals surface area contributed by atoms with Gasteiger partial charge in [-0.25, -0.2) is 4.79 Å². The van der Waals surface area contributed by atoms with E-state index in [0.717, 1.165) is 19.6 Å². The molecule has 0 radical (unpaired) electrons. The Hall–Kier alpha value is -1.07. The minimum atomic E-state index is -0.441. The third-order valence-electron chi connectivity index (χ3n) is 2.75. The van der Waals surface area contributed by atoms with Crippen molar-refractivity contribution in [1.82, 2.24) is 16.0 Å². The van der Waals surface area contributed by atoms with E-state index in [9.17, 15) is 4.79 Å². The summed E-state index contributed by atoms with van der Waals surface area (Å²) in [5.74, 6) is 0. The Labute approximate surface area is 116 Å². The number of nitrogens with one attached hydrogen (secondary N) is 3. The SMILES string of the molecule is CC(C)(C)OC(=O)NC/C=C/CNCC1CCCN1. The standard InChI is InChI=1S/C14H27N3O2/c1-14(2,3)19-13(18)17-9-5-4-8-15-11-12-7-6-10-16-12/h4-5,12,15-16H,6-11H2,1-3H3,(H,17,18)/b5-4+. The van der Waals surface area contributed by atoms with Crippen LogP contribution in [0.3, 0.4) is 0 Å². The normalized spacial score (nSPS) is 19.8. The van der Waals surface area contributed by atoms with Gasteiger partial charge in [-0.3, -0.25) is 0 Å². The van der Waals surface area contributed by atoms with E-state index in [4.69, 9.17) is 4.74 Å². The van der Waals surface area contributed by atoms with Crippen LogP contribution in [0.5, 0.6) is 0 Å². The second kappa shape index (κ2) is 8.17. The first kappa shape index (κ1) is 16.0. The van der Waals surface area contributed by atoms with Gasteiger partial charge in [0.05, 0.1) is 0 Å². The van der Waals surface area contributed by atoms with Crippen molar-refractivity contribution in [1.29, 1.82) is 0 Å². The van der Waals surface area contributed by atoms with Crippen LogP contribution in [0.25, 0.3) is 0 Å². The molecule has 1 rings (SSSR count). The first-order valence-corrected chi connectivity index (χ1v) is 7.03. The van der Waals surface area contributed by atoms with Gasteiger partial charge in [-0.15, -0.1) is 0 Å². The summed E-state index contributed by atoms with van der Waals surface area (Å²) in [6.07, 6.45) is 6.12. The summed E-state index contributed by atoms with van der Waals surface area (Å²) in [5, 5.41) is 9.48. The van der Waals surface area contributed by atoms with Crippen LogP contribution < -0.4 is 16.0 Å². The van der Waals surface area contributed by atoms with Crippen molar-refractivity contribution in [2.75, 3.05) is 26.2 Å². The summed E-state index contributed by atoms with van der Waals surface area (Å²) in [6, 6.07) is 0.619. The molecule has 0 bridgehead atoms. The fraction of sp³-hybridized carbons (Fsp3) is 0.786. The number of hydrogen-bond donors (Lipinski definition) is 3. The van der Waals surface area contributed by atoms with Crippen molar-refractivity contribution in [2.24, 2.45) is 0 Å². The molecule has 1 atom stereocenters. The largest absolute Gasteiger partial charge is 0.444 e. The topological polar surface area (TPSA) is 62.4 Å². The highest BCUT2D eigenvalue weighted by Crippen LogP contribution is 2.06. The predicted molar refractivity (Wildman–Crippen MR) is 77.3 cm³/mol. The molecule has 3 N–H and O–H groups in total. The van der Waals surface area contributed by atoms with E-state index in [1.54, 1.807) is 0 Å². The van der Waals surface area contributed by atoms with Gasteiger partial charge in [-0.2, -0.15) is 0 Å². The Balaban J connectivity index is 1.96. The van der Waals surface area contributed by atoms with Crippen LogP contribution in [-0.2, 0) is 4.74 Å². The molecule has 0 aliphatic carbocycles. The summed E-state index contributed by atoms with van der Waals surface area (Å²) in [7, 11) is 0. The van der Waals surface area contributed by atoms with Gasteiger partial charge in [-0.05, 0) is 40.2 Å². The first-order valence-electron chi connectivity index (χ1n) is 7.03. The Kier molecular flexibility index (Phi) is 6.87. The molecule has 0 saturated carbocycles. The van der Waals surface area contributed by atoms with Gasteiger partial charge >= 0.3 is 6.09 Å². The number of alkyl carbamates (subject to hydrolysis) is 1. The van der Waals surface area contributed by atoms with Gasteiger partial charge in [0.2, 0.25) is 0 Å². The lowest BCUT2D eigenvalue weighted by molar-refractivity contribution is 0.0534. The Morgan fingerprint density at radius 1 is 1.37 bits per heavy atom. The van der Waals surface area contributed by atoms with E-state index >= 15 is 0 Å². The van der Waals surface area contributed by atoms with Gasteiger partial charge in [-0.1, -0.05) is 12.2 Å². The average molecular weight is 269 g/mol. The molecule has 5 heteroatoms. The molecule has 5 nitrogen and oxygen atoms in total. The monoisotopic (exact) mass is 269 g/mol. The van der Waals surface area contributed by atoms with Crippen molar-refractivity contribution in [2.45, 2.75) is 45.3 Å². The minimum Gasteiger partial charge on any atom is -0.444 e. The van der Waals surface area contributed by atoms with E-state index in [0.29, 0.717) is 12.6 Å². The maximum atomic E-state index is 11.3. The highest BCUT2D eigenvalue weighted by Gasteiger charge is 2.15. The van der Waals surface area contributed by atoms with E-state index in [2.05, 4.69) is 16.0 Å². The molecule has 0 aromatic heterocycles. The third kappa shape index (κ3) is 8.61. The predicted octanol–water partition coefficient (Wildman–Crippen LogP) is 1.41. The summed E-state index contributed by atoms with van der Waals surface area (Å²) in [4.78, 5) is 11.3. The van der Waals surface area contributed by atoms with Gasteiger partial charge in [0.15, 0.2) is 0 Å². The smallest absolute Gasteiger partial charge is 0.407 e. The first-order chi connectivity index (χ1) is 8.97. The number of amides is 1. The molecule has 1 fully saturated rings. The second-order valence-electron chi connectivity index (χ2n) is 5.81. The zero-order valence-corrected chi connectivity index (χ0v) is 12.3. The molecule has 1 aliphatic heterocycles. The molecule has 0 aromatic rings. The quantitative estimate of drug-likeness (QED) is 0.504. The molecule has 1 aliphatic rings. The maximum Gasteiger partial charge on any atom is 0.407 e. The van der Waals surface area contributed by atoms with Crippen LogP contribution in [0.2, 0.25) is 0 Å². The molecular weight excluding hydrogens is 242 g/mol. The van der Waals surface area contributed by atoms with Crippen LogP contribution in [-0.4, -0.2) is 43.9 Å². The van der Waals surface area contributed by atoms with Crippen LogP contribution in [0, 0.1) is 0 Å². The van der Waals surface area contributed by atoms with Gasteiger partial charge in [0, 0.05) is 25.7 Å². The highest BCUT2D eigenvalue weighted by atomic mass is 16.6. The zero-order chi connectivity index (χ0) is 14.1. The van der Waals surface area contributed by atoms with Crippen LogP contribution in [0.1, 0.15) is 33.6 Å². The number of hydrogen-bond acceptors (Lipinski definition) is 4. The van der Waals surface area contributed by atoms with E-state index in [-0.39, 0.29) is 6.09 Å². The van der Waals surface area contributed by atoms with Gasteiger partial charge in [0.25, 0.3) is 0 Å². The molecule has 19 heavy (non-hydrogen) atoms. The third-order valence-corrected chi connectivity index (χ3v) is 2.75. The lowest BCUT2D eigenvalue weighted by Crippen LogP contribution is -2.34.